The van der Waals surface area contributed by atoms with Crippen molar-refractivity contribution in [3.63, 3.8) is 0 Å². The highest BCUT2D eigenvalue weighted by Crippen LogP contribution is 2.40. The zero-order valence-corrected chi connectivity index (χ0v) is 15.5. The number of hydrogen-bond donors (Lipinski definition) is 0. The average molecular weight is 380 g/mol. The van der Waals surface area contributed by atoms with Gasteiger partial charge in [0, 0.05) is 12.5 Å². The van der Waals surface area contributed by atoms with Gasteiger partial charge in [-0.1, -0.05) is 19.1 Å². The van der Waals surface area contributed by atoms with Gasteiger partial charge in [-0.15, -0.1) is 0 Å². The Bertz CT molecular complexity index is 875. The Morgan fingerprint density at radius 1 is 1.00 bits per heavy atom. The number of hydrogen-bond acceptors (Lipinski definition) is 7. The average Bonchev–Trinajstić information content (AvgIpc) is 2.56. The van der Waals surface area contributed by atoms with Gasteiger partial charge >= 0.3 is 16.1 Å². The Morgan fingerprint density at radius 3 is 2.31 bits per heavy atom. The van der Waals surface area contributed by atoms with Crippen molar-refractivity contribution in [2.45, 2.75) is 20.3 Å². The molecule has 0 aliphatic heterocycles. The van der Waals surface area contributed by atoms with E-state index in [1.54, 1.807) is 37.3 Å². The predicted molar refractivity (Wildman–Crippen MR) is 95.5 cm³/mol. The van der Waals surface area contributed by atoms with Crippen molar-refractivity contribution in [2.75, 3.05) is 12.9 Å². The highest BCUT2D eigenvalue weighted by molar-refractivity contribution is 7.86. The molecule has 0 N–H and O–H groups in total. The fourth-order valence-corrected chi connectivity index (χ4v) is 2.48. The van der Waals surface area contributed by atoms with E-state index in [1.165, 1.54) is 12.1 Å². The fourth-order valence-electron chi connectivity index (χ4n) is 2.02. The molecule has 0 spiro atoms. The van der Waals surface area contributed by atoms with Crippen molar-refractivity contribution in [2.24, 2.45) is 0 Å². The van der Waals surface area contributed by atoms with Crippen molar-refractivity contribution >= 4 is 16.1 Å². The lowest BCUT2D eigenvalue weighted by Crippen LogP contribution is -2.08. The summed E-state index contributed by atoms with van der Waals surface area (Å²) in [5.74, 6) is 0.781. The van der Waals surface area contributed by atoms with Crippen LogP contribution in [0.2, 0.25) is 0 Å². The summed E-state index contributed by atoms with van der Waals surface area (Å²) in [5.41, 5.74) is 0. The highest BCUT2D eigenvalue weighted by Gasteiger charge is 2.17. The fraction of sp³-hybridized carbons (Fsp3) is 0.278. The van der Waals surface area contributed by atoms with E-state index in [9.17, 15) is 13.2 Å². The summed E-state index contributed by atoms with van der Waals surface area (Å²) in [6, 6.07) is 11.1. The van der Waals surface area contributed by atoms with Gasteiger partial charge in [-0.2, -0.15) is 8.42 Å². The van der Waals surface area contributed by atoms with Crippen LogP contribution in [-0.2, 0) is 14.9 Å². The molecule has 0 aromatic heterocycles. The second-order valence-electron chi connectivity index (χ2n) is 5.21. The molecule has 0 atom stereocenters. The van der Waals surface area contributed by atoms with Gasteiger partial charge in [-0.05, 0) is 31.2 Å². The maximum Gasteiger partial charge on any atom is 0.311 e. The van der Waals surface area contributed by atoms with E-state index >= 15 is 0 Å². The van der Waals surface area contributed by atoms with E-state index in [-0.39, 0.29) is 23.7 Å². The molecule has 7 nitrogen and oxygen atoms in total. The molecule has 0 radical (unpaired) electrons. The molecule has 2 aromatic carbocycles. The van der Waals surface area contributed by atoms with Gasteiger partial charge in [0.1, 0.15) is 11.5 Å². The third kappa shape index (κ3) is 5.66. The van der Waals surface area contributed by atoms with Crippen molar-refractivity contribution in [3.05, 3.63) is 42.5 Å². The van der Waals surface area contributed by atoms with Crippen molar-refractivity contribution in [1.29, 1.82) is 0 Å². The van der Waals surface area contributed by atoms with Gasteiger partial charge in [-0.3, -0.25) is 4.79 Å². The predicted octanol–water partition coefficient (Wildman–Crippen LogP) is 3.53. The molecule has 140 valence electrons. The third-order valence-corrected chi connectivity index (χ3v) is 3.52. The molecule has 0 bridgehead atoms. The van der Waals surface area contributed by atoms with Crippen LogP contribution in [0.3, 0.4) is 0 Å². The summed E-state index contributed by atoms with van der Waals surface area (Å²) in [6.45, 7) is 3.88. The van der Waals surface area contributed by atoms with Crippen LogP contribution in [0.4, 0.5) is 0 Å². The number of carbonyl (C=O) groups is 1. The Balaban J connectivity index is 2.35. The van der Waals surface area contributed by atoms with E-state index in [0.29, 0.717) is 18.1 Å². The summed E-state index contributed by atoms with van der Waals surface area (Å²) in [5, 5.41) is 0. The minimum absolute atomic E-state index is 0.109. The van der Waals surface area contributed by atoms with Gasteiger partial charge in [0.25, 0.3) is 0 Å². The van der Waals surface area contributed by atoms with Gasteiger partial charge in [0.15, 0.2) is 11.5 Å². The van der Waals surface area contributed by atoms with Crippen molar-refractivity contribution < 1.29 is 31.6 Å². The van der Waals surface area contributed by atoms with Gasteiger partial charge in [-0.25, -0.2) is 0 Å². The summed E-state index contributed by atoms with van der Waals surface area (Å²) in [4.78, 5) is 11.7. The van der Waals surface area contributed by atoms with Crippen LogP contribution < -0.4 is 18.4 Å². The molecular weight excluding hydrogens is 360 g/mol. The monoisotopic (exact) mass is 380 g/mol. The van der Waals surface area contributed by atoms with Crippen LogP contribution >= 0.6 is 0 Å². The first-order chi connectivity index (χ1) is 12.3. The van der Waals surface area contributed by atoms with Crippen molar-refractivity contribution in [1.82, 2.24) is 0 Å². The summed E-state index contributed by atoms with van der Waals surface area (Å²) in [6.07, 6.45) is 1.14. The molecular formula is C18H20O7S. The molecule has 0 saturated carbocycles. The lowest BCUT2D eigenvalue weighted by Gasteiger charge is -2.15. The van der Waals surface area contributed by atoms with E-state index < -0.39 is 16.1 Å². The number of esters is 1. The van der Waals surface area contributed by atoms with Crippen LogP contribution in [0.15, 0.2) is 42.5 Å². The standard InChI is InChI=1S/C18H20O7S/c1-4-17(19)24-18-15(22-5-2)10-7-11-16(18)23-13-8-6-9-14(12-13)25-26(3,20)21/h6-12H,4-5H2,1-3H3. The number of ether oxygens (including phenoxy) is 3. The van der Waals surface area contributed by atoms with Crippen LogP contribution in [-0.4, -0.2) is 27.2 Å². The number of rotatable bonds is 8. The second-order valence-corrected chi connectivity index (χ2v) is 6.78. The van der Waals surface area contributed by atoms with Gasteiger partial charge in [0.05, 0.1) is 12.9 Å². The second kappa shape index (κ2) is 8.57. The smallest absolute Gasteiger partial charge is 0.311 e. The van der Waals surface area contributed by atoms with E-state index in [0.717, 1.165) is 6.26 Å². The maximum absolute atomic E-state index is 11.7. The molecule has 26 heavy (non-hydrogen) atoms. The molecule has 0 aliphatic carbocycles. The molecule has 8 heteroatoms. The lowest BCUT2D eigenvalue weighted by atomic mass is 10.2. The minimum atomic E-state index is -3.65. The Morgan fingerprint density at radius 2 is 1.65 bits per heavy atom. The van der Waals surface area contributed by atoms with Gasteiger partial charge < -0.3 is 18.4 Å². The summed E-state index contributed by atoms with van der Waals surface area (Å²) >= 11 is 0. The number of para-hydroxylation sites is 1. The van der Waals surface area contributed by atoms with Crippen LogP contribution in [0, 0.1) is 0 Å². The molecule has 0 unspecified atom stereocenters. The first-order valence-corrected chi connectivity index (χ1v) is 9.78. The van der Waals surface area contributed by atoms with Crippen LogP contribution in [0.1, 0.15) is 20.3 Å². The molecule has 0 heterocycles. The SMILES string of the molecule is CCOc1cccc(Oc2cccc(OS(C)(=O)=O)c2)c1OC(=O)CC. The lowest BCUT2D eigenvalue weighted by molar-refractivity contribution is -0.134. The Kier molecular flexibility index (Phi) is 6.46. The van der Waals surface area contributed by atoms with E-state index in [2.05, 4.69) is 0 Å². The highest BCUT2D eigenvalue weighted by atomic mass is 32.2. The van der Waals surface area contributed by atoms with Crippen LogP contribution in [0.25, 0.3) is 0 Å². The first kappa shape index (κ1) is 19.6. The molecule has 0 saturated heterocycles. The number of benzene rings is 2. The third-order valence-electron chi connectivity index (χ3n) is 3.03. The zero-order chi connectivity index (χ0) is 19.2. The quantitative estimate of drug-likeness (QED) is 0.393. The molecule has 2 aromatic rings. The van der Waals surface area contributed by atoms with Gasteiger partial charge in [0.2, 0.25) is 5.75 Å². The Labute approximate surface area is 152 Å². The topological polar surface area (TPSA) is 88.1 Å². The first-order valence-electron chi connectivity index (χ1n) is 7.96. The largest absolute Gasteiger partial charge is 0.490 e. The summed E-state index contributed by atoms with van der Waals surface area (Å²) in [7, 11) is -3.65. The number of carbonyl (C=O) groups excluding carboxylic acids is 1. The minimum Gasteiger partial charge on any atom is -0.490 e. The maximum atomic E-state index is 11.7. The van der Waals surface area contributed by atoms with E-state index in [4.69, 9.17) is 18.4 Å². The molecule has 0 fully saturated rings. The Hall–Kier alpha value is -2.74. The molecule has 0 amide bonds. The van der Waals surface area contributed by atoms with Crippen LogP contribution in [0.5, 0.6) is 28.7 Å². The normalized spacial score (nSPS) is 10.9. The van der Waals surface area contributed by atoms with E-state index in [1.807, 2.05) is 6.92 Å². The summed E-state index contributed by atoms with van der Waals surface area (Å²) < 4.78 is 44.0. The molecule has 2 rings (SSSR count). The molecule has 0 aliphatic rings. The van der Waals surface area contributed by atoms with Crippen molar-refractivity contribution in [3.8, 4) is 28.7 Å². The zero-order valence-electron chi connectivity index (χ0n) is 14.7.